The Kier molecular flexibility index (Phi) is 4.84. The fourth-order valence-corrected chi connectivity index (χ4v) is 2.89. The summed E-state index contributed by atoms with van der Waals surface area (Å²) in [7, 11) is 0. The van der Waals surface area contributed by atoms with Crippen LogP contribution in [-0.2, 0) is 6.61 Å². The highest BCUT2D eigenvalue weighted by Gasteiger charge is 2.05. The fraction of sp³-hybridized carbons (Fsp3) is 0.0417. The van der Waals surface area contributed by atoms with E-state index in [0.29, 0.717) is 6.61 Å². The van der Waals surface area contributed by atoms with Crippen molar-refractivity contribution < 1.29 is 9.84 Å². The Balaban J connectivity index is 1.60. The van der Waals surface area contributed by atoms with Gasteiger partial charge in [-0.05, 0) is 41.5 Å². The minimum Gasteiger partial charge on any atom is -0.508 e. The third-order valence-corrected chi connectivity index (χ3v) is 4.26. The molecule has 4 aromatic rings. The minimum absolute atomic E-state index is 0.250. The maximum Gasteiger partial charge on any atom is 0.146 e. The lowest BCUT2D eigenvalue weighted by atomic mass is 10.1. The predicted molar refractivity (Wildman–Crippen MR) is 110 cm³/mol. The van der Waals surface area contributed by atoms with Gasteiger partial charge in [-0.2, -0.15) is 0 Å². The molecular formula is C24H19NO2. The molecule has 0 amide bonds. The van der Waals surface area contributed by atoms with Crippen LogP contribution in [0.25, 0.3) is 23.1 Å². The standard InChI is InChI=1S/C24H19NO2/c26-22-10-4-8-18(16-22)12-14-21-15-13-20-9-5-11-23(24(20)25-21)27-17-19-6-2-1-3-7-19/h1-16,26H,17H2/b14-12+. The molecule has 0 saturated carbocycles. The molecule has 0 aliphatic heterocycles. The summed E-state index contributed by atoms with van der Waals surface area (Å²) in [5.74, 6) is 1.02. The highest BCUT2D eigenvalue weighted by molar-refractivity contribution is 5.86. The Bertz CT molecular complexity index is 1090. The Hall–Kier alpha value is -3.59. The smallest absolute Gasteiger partial charge is 0.146 e. The summed E-state index contributed by atoms with van der Waals surface area (Å²) in [5, 5.41) is 10.6. The van der Waals surface area contributed by atoms with Gasteiger partial charge < -0.3 is 9.84 Å². The summed E-state index contributed by atoms with van der Waals surface area (Å²) < 4.78 is 6.02. The molecule has 0 aliphatic carbocycles. The van der Waals surface area contributed by atoms with Crippen molar-refractivity contribution in [3.63, 3.8) is 0 Å². The molecule has 1 N–H and O–H groups in total. The lowest BCUT2D eigenvalue weighted by Crippen LogP contribution is -1.97. The van der Waals surface area contributed by atoms with Gasteiger partial charge >= 0.3 is 0 Å². The lowest BCUT2D eigenvalue weighted by molar-refractivity contribution is 0.309. The van der Waals surface area contributed by atoms with Crippen molar-refractivity contribution in [2.45, 2.75) is 6.61 Å². The molecule has 0 radical (unpaired) electrons. The molecule has 132 valence electrons. The number of phenols is 1. The van der Waals surface area contributed by atoms with E-state index in [-0.39, 0.29) is 5.75 Å². The van der Waals surface area contributed by atoms with Crippen LogP contribution in [0, 0.1) is 0 Å². The van der Waals surface area contributed by atoms with Gasteiger partial charge in [0.15, 0.2) is 0 Å². The molecule has 0 spiro atoms. The number of phenolic OH excluding ortho intramolecular Hbond substituents is 1. The van der Waals surface area contributed by atoms with Crippen molar-refractivity contribution >= 4 is 23.1 Å². The first-order valence-electron chi connectivity index (χ1n) is 8.81. The number of pyridine rings is 1. The monoisotopic (exact) mass is 353 g/mol. The predicted octanol–water partition coefficient (Wildman–Crippen LogP) is 5.69. The van der Waals surface area contributed by atoms with Gasteiger partial charge in [0.2, 0.25) is 0 Å². The Morgan fingerprint density at radius 1 is 0.815 bits per heavy atom. The summed E-state index contributed by atoms with van der Waals surface area (Å²) in [5.41, 5.74) is 3.72. The molecule has 0 fully saturated rings. The van der Waals surface area contributed by atoms with E-state index < -0.39 is 0 Å². The highest BCUT2D eigenvalue weighted by atomic mass is 16.5. The minimum atomic E-state index is 0.250. The molecule has 3 nitrogen and oxygen atoms in total. The van der Waals surface area contributed by atoms with Gasteiger partial charge in [-0.1, -0.05) is 66.7 Å². The van der Waals surface area contributed by atoms with E-state index in [1.807, 2.05) is 84.9 Å². The summed E-state index contributed by atoms with van der Waals surface area (Å²) in [6, 6.07) is 27.2. The molecule has 3 heteroatoms. The van der Waals surface area contributed by atoms with Crippen molar-refractivity contribution in [1.82, 2.24) is 4.98 Å². The van der Waals surface area contributed by atoms with E-state index in [1.165, 1.54) is 0 Å². The van der Waals surface area contributed by atoms with E-state index >= 15 is 0 Å². The van der Waals surface area contributed by atoms with Gasteiger partial charge in [0.05, 0.1) is 5.69 Å². The number of rotatable bonds is 5. The van der Waals surface area contributed by atoms with E-state index in [1.54, 1.807) is 12.1 Å². The zero-order valence-corrected chi connectivity index (χ0v) is 14.7. The van der Waals surface area contributed by atoms with Crippen LogP contribution in [0.5, 0.6) is 11.5 Å². The number of para-hydroxylation sites is 1. The van der Waals surface area contributed by atoms with Crippen LogP contribution >= 0.6 is 0 Å². The van der Waals surface area contributed by atoms with Crippen LogP contribution in [0.4, 0.5) is 0 Å². The summed E-state index contributed by atoms with van der Waals surface area (Å²) in [6.45, 7) is 0.505. The number of fused-ring (bicyclic) bond motifs is 1. The molecular weight excluding hydrogens is 334 g/mol. The molecule has 1 heterocycles. The molecule has 4 rings (SSSR count). The second-order valence-corrected chi connectivity index (χ2v) is 6.27. The molecule has 0 bridgehead atoms. The number of ether oxygens (including phenoxy) is 1. The first kappa shape index (κ1) is 16.9. The van der Waals surface area contributed by atoms with E-state index in [2.05, 4.69) is 0 Å². The zero-order valence-electron chi connectivity index (χ0n) is 14.7. The fourth-order valence-electron chi connectivity index (χ4n) is 2.89. The van der Waals surface area contributed by atoms with Crippen LogP contribution in [0.1, 0.15) is 16.8 Å². The molecule has 0 saturated heterocycles. The van der Waals surface area contributed by atoms with Crippen molar-refractivity contribution in [1.29, 1.82) is 0 Å². The van der Waals surface area contributed by atoms with Gasteiger partial charge in [-0.15, -0.1) is 0 Å². The average Bonchev–Trinajstić information content (AvgIpc) is 2.71. The van der Waals surface area contributed by atoms with Crippen LogP contribution in [0.2, 0.25) is 0 Å². The van der Waals surface area contributed by atoms with E-state index in [9.17, 15) is 5.11 Å². The summed E-state index contributed by atoms with van der Waals surface area (Å²) >= 11 is 0. The second kappa shape index (κ2) is 7.75. The van der Waals surface area contributed by atoms with Gasteiger partial charge in [0, 0.05) is 5.39 Å². The number of aromatic hydroxyl groups is 1. The molecule has 0 atom stereocenters. The van der Waals surface area contributed by atoms with Crippen LogP contribution < -0.4 is 4.74 Å². The maximum absolute atomic E-state index is 9.57. The summed E-state index contributed by atoms with van der Waals surface area (Å²) in [6.07, 6.45) is 3.86. The number of hydrogen-bond acceptors (Lipinski definition) is 3. The largest absolute Gasteiger partial charge is 0.508 e. The van der Waals surface area contributed by atoms with Gasteiger partial charge in [-0.25, -0.2) is 4.98 Å². The van der Waals surface area contributed by atoms with Crippen LogP contribution in [0.3, 0.4) is 0 Å². The molecule has 27 heavy (non-hydrogen) atoms. The van der Waals surface area contributed by atoms with Crippen LogP contribution in [0.15, 0.2) is 84.9 Å². The van der Waals surface area contributed by atoms with Gasteiger partial charge in [0.1, 0.15) is 23.6 Å². The number of hydrogen-bond donors (Lipinski definition) is 1. The topological polar surface area (TPSA) is 42.4 Å². The van der Waals surface area contributed by atoms with Gasteiger partial charge in [-0.3, -0.25) is 0 Å². The Morgan fingerprint density at radius 3 is 2.52 bits per heavy atom. The third kappa shape index (κ3) is 4.15. The first-order chi connectivity index (χ1) is 13.3. The van der Waals surface area contributed by atoms with Crippen molar-refractivity contribution in [2.24, 2.45) is 0 Å². The number of benzene rings is 3. The second-order valence-electron chi connectivity index (χ2n) is 6.27. The molecule has 3 aromatic carbocycles. The normalized spacial score (nSPS) is 11.1. The Morgan fingerprint density at radius 2 is 1.67 bits per heavy atom. The van der Waals surface area contributed by atoms with Crippen molar-refractivity contribution in [3.8, 4) is 11.5 Å². The zero-order chi connectivity index (χ0) is 18.5. The van der Waals surface area contributed by atoms with E-state index in [0.717, 1.165) is 33.5 Å². The highest BCUT2D eigenvalue weighted by Crippen LogP contribution is 2.25. The molecule has 1 aromatic heterocycles. The average molecular weight is 353 g/mol. The van der Waals surface area contributed by atoms with Crippen molar-refractivity contribution in [2.75, 3.05) is 0 Å². The molecule has 0 aliphatic rings. The quantitative estimate of drug-likeness (QED) is 0.501. The molecule has 0 unspecified atom stereocenters. The van der Waals surface area contributed by atoms with Gasteiger partial charge in [0.25, 0.3) is 0 Å². The first-order valence-corrected chi connectivity index (χ1v) is 8.81. The SMILES string of the molecule is Oc1cccc(/C=C/c2ccc3cccc(OCc4ccccc4)c3n2)c1. The third-order valence-electron chi connectivity index (χ3n) is 4.26. The van der Waals surface area contributed by atoms with Crippen molar-refractivity contribution in [3.05, 3.63) is 102 Å². The number of nitrogens with zero attached hydrogens (tertiary/aromatic N) is 1. The number of aromatic nitrogens is 1. The lowest BCUT2D eigenvalue weighted by Gasteiger charge is -2.09. The maximum atomic E-state index is 9.57. The Labute approximate surface area is 158 Å². The summed E-state index contributed by atoms with van der Waals surface area (Å²) in [4.78, 5) is 4.75. The van der Waals surface area contributed by atoms with E-state index in [4.69, 9.17) is 9.72 Å². The van der Waals surface area contributed by atoms with Crippen LogP contribution in [-0.4, -0.2) is 10.1 Å².